The fourth-order valence-corrected chi connectivity index (χ4v) is 4.22. The zero-order valence-electron chi connectivity index (χ0n) is 18.1. The van der Waals surface area contributed by atoms with Gasteiger partial charge in [0, 0.05) is 35.9 Å². The number of hydrogen-bond donors (Lipinski definition) is 1. The smallest absolute Gasteiger partial charge is 0.251 e. The third kappa shape index (κ3) is 5.19. The average Bonchev–Trinajstić information content (AvgIpc) is 3.22. The molecule has 2 heterocycles. The maximum atomic E-state index is 14.9. The van der Waals surface area contributed by atoms with E-state index in [9.17, 15) is 9.18 Å². The van der Waals surface area contributed by atoms with Crippen LogP contribution >= 0.6 is 15.9 Å². The van der Waals surface area contributed by atoms with E-state index >= 15 is 0 Å². The van der Waals surface area contributed by atoms with Gasteiger partial charge >= 0.3 is 0 Å². The molecule has 1 saturated heterocycles. The number of likely N-dealkylation sites (tertiary alicyclic amines) is 1. The van der Waals surface area contributed by atoms with E-state index in [1.807, 2.05) is 48.0 Å². The van der Waals surface area contributed by atoms with E-state index in [0.29, 0.717) is 30.8 Å². The molecule has 3 aromatic rings. The van der Waals surface area contributed by atoms with E-state index in [1.54, 1.807) is 25.6 Å². The van der Waals surface area contributed by atoms with E-state index in [0.717, 1.165) is 28.0 Å². The number of piperidine rings is 1. The number of carbonyl (C=O) groups is 1. The van der Waals surface area contributed by atoms with Crippen LogP contribution in [0.4, 0.5) is 4.39 Å². The molecule has 1 aliphatic rings. The summed E-state index contributed by atoms with van der Waals surface area (Å²) in [4.78, 5) is 19.1. The van der Waals surface area contributed by atoms with Gasteiger partial charge in [0.15, 0.2) is 0 Å². The van der Waals surface area contributed by atoms with E-state index in [2.05, 4.69) is 31.1 Å². The van der Waals surface area contributed by atoms with Crippen molar-refractivity contribution >= 4 is 21.8 Å². The molecule has 0 spiro atoms. The SMILES string of the molecule is COc1cc(C(=O)NC2CCN(Cc3ccc(Br)cc3)CC2F)ccc1-n1cnc(C)c1. The topological polar surface area (TPSA) is 59.4 Å². The fourth-order valence-electron chi connectivity index (χ4n) is 3.96. The summed E-state index contributed by atoms with van der Waals surface area (Å²) < 4.78 is 23.2. The zero-order valence-corrected chi connectivity index (χ0v) is 19.7. The number of methoxy groups -OCH3 is 1. The minimum Gasteiger partial charge on any atom is -0.495 e. The molecular weight excluding hydrogens is 475 g/mol. The van der Waals surface area contributed by atoms with Gasteiger partial charge in [-0.1, -0.05) is 28.1 Å². The van der Waals surface area contributed by atoms with Gasteiger partial charge in [0.1, 0.15) is 11.9 Å². The molecule has 6 nitrogen and oxygen atoms in total. The predicted molar refractivity (Wildman–Crippen MR) is 125 cm³/mol. The Morgan fingerprint density at radius 2 is 2.06 bits per heavy atom. The molecule has 8 heteroatoms. The first kappa shape index (κ1) is 22.5. The molecule has 2 aromatic carbocycles. The van der Waals surface area contributed by atoms with Crippen LogP contribution in [0.2, 0.25) is 0 Å². The summed E-state index contributed by atoms with van der Waals surface area (Å²) in [7, 11) is 1.56. The van der Waals surface area contributed by atoms with Crippen molar-refractivity contribution in [1.82, 2.24) is 19.8 Å². The highest BCUT2D eigenvalue weighted by atomic mass is 79.9. The highest BCUT2D eigenvalue weighted by Gasteiger charge is 2.30. The number of ether oxygens (including phenoxy) is 1. The monoisotopic (exact) mass is 500 g/mol. The Morgan fingerprint density at radius 3 is 2.72 bits per heavy atom. The zero-order chi connectivity index (χ0) is 22.7. The number of nitrogens with one attached hydrogen (secondary N) is 1. The summed E-state index contributed by atoms with van der Waals surface area (Å²) in [6.45, 7) is 3.62. The van der Waals surface area contributed by atoms with Gasteiger partial charge in [0.05, 0.1) is 30.9 Å². The Balaban J connectivity index is 1.38. The number of carbonyl (C=O) groups excluding carboxylic acids is 1. The van der Waals surface area contributed by atoms with Crippen molar-refractivity contribution in [2.75, 3.05) is 20.2 Å². The van der Waals surface area contributed by atoms with E-state index in [-0.39, 0.29) is 5.91 Å². The predicted octanol–water partition coefficient (Wildman–Crippen LogP) is 4.29. The lowest BCUT2D eigenvalue weighted by molar-refractivity contribution is 0.0761. The summed E-state index contributed by atoms with van der Waals surface area (Å²) in [5.74, 6) is 0.252. The number of hydrogen-bond acceptors (Lipinski definition) is 4. The Morgan fingerprint density at radius 1 is 1.28 bits per heavy atom. The molecule has 1 fully saturated rings. The molecule has 0 radical (unpaired) electrons. The number of amides is 1. The third-order valence-electron chi connectivity index (χ3n) is 5.69. The van der Waals surface area contributed by atoms with Gasteiger partial charge in [0.25, 0.3) is 5.91 Å². The molecule has 32 heavy (non-hydrogen) atoms. The van der Waals surface area contributed by atoms with Crippen LogP contribution in [-0.4, -0.2) is 52.8 Å². The first-order chi connectivity index (χ1) is 15.4. The van der Waals surface area contributed by atoms with Gasteiger partial charge in [0.2, 0.25) is 0 Å². The highest BCUT2D eigenvalue weighted by Crippen LogP contribution is 2.25. The number of rotatable bonds is 6. The third-order valence-corrected chi connectivity index (χ3v) is 6.22. The minimum atomic E-state index is -1.13. The Kier molecular flexibility index (Phi) is 6.91. The Bertz CT molecular complexity index is 1090. The number of alkyl halides is 1. The lowest BCUT2D eigenvalue weighted by Gasteiger charge is -2.35. The van der Waals surface area contributed by atoms with Crippen LogP contribution in [0, 0.1) is 6.92 Å². The van der Waals surface area contributed by atoms with Crippen molar-refractivity contribution in [3.63, 3.8) is 0 Å². The number of nitrogens with zero attached hydrogens (tertiary/aromatic N) is 3. The highest BCUT2D eigenvalue weighted by molar-refractivity contribution is 9.10. The number of benzene rings is 2. The Hall–Kier alpha value is -2.71. The van der Waals surface area contributed by atoms with Crippen molar-refractivity contribution in [3.05, 3.63) is 76.3 Å². The lowest BCUT2D eigenvalue weighted by Crippen LogP contribution is -2.52. The fraction of sp³-hybridized carbons (Fsp3) is 0.333. The standard InChI is InChI=1S/C24H26BrFN4O2/c1-16-12-30(15-27-16)22-8-5-18(11-23(22)32-2)24(31)28-21-9-10-29(14-20(21)26)13-17-3-6-19(25)7-4-17/h3-8,11-12,15,20-21H,9-10,13-14H2,1-2H3,(H,28,31). The molecule has 2 unspecified atom stereocenters. The van der Waals surface area contributed by atoms with Crippen molar-refractivity contribution in [2.45, 2.75) is 32.1 Å². The van der Waals surface area contributed by atoms with Crippen LogP contribution in [-0.2, 0) is 6.54 Å². The number of imidazole rings is 1. The summed E-state index contributed by atoms with van der Waals surface area (Å²) in [5.41, 5.74) is 3.25. The molecule has 1 amide bonds. The largest absolute Gasteiger partial charge is 0.495 e. The minimum absolute atomic E-state index is 0.295. The van der Waals surface area contributed by atoms with Crippen molar-refractivity contribution in [1.29, 1.82) is 0 Å². The second-order valence-corrected chi connectivity index (χ2v) is 8.97. The first-order valence-corrected chi connectivity index (χ1v) is 11.3. The number of aryl methyl sites for hydroxylation is 1. The van der Waals surface area contributed by atoms with Gasteiger partial charge in [-0.25, -0.2) is 9.37 Å². The van der Waals surface area contributed by atoms with E-state index in [1.165, 1.54) is 0 Å². The van der Waals surface area contributed by atoms with Crippen LogP contribution in [0.15, 0.2) is 59.5 Å². The summed E-state index contributed by atoms with van der Waals surface area (Å²) in [6, 6.07) is 12.7. The van der Waals surface area contributed by atoms with Crippen molar-refractivity contribution in [2.24, 2.45) is 0 Å². The second-order valence-electron chi connectivity index (χ2n) is 8.06. The van der Waals surface area contributed by atoms with Crippen LogP contribution in [0.1, 0.15) is 28.0 Å². The molecule has 1 aromatic heterocycles. The van der Waals surface area contributed by atoms with Crippen LogP contribution in [0.5, 0.6) is 5.75 Å². The van der Waals surface area contributed by atoms with Crippen LogP contribution < -0.4 is 10.1 Å². The molecular formula is C24H26BrFN4O2. The quantitative estimate of drug-likeness (QED) is 0.548. The summed E-state index contributed by atoms with van der Waals surface area (Å²) in [6.07, 6.45) is 3.02. The number of aromatic nitrogens is 2. The molecule has 0 bridgehead atoms. The summed E-state index contributed by atoms with van der Waals surface area (Å²) >= 11 is 3.43. The van der Waals surface area contributed by atoms with E-state index in [4.69, 9.17) is 4.74 Å². The van der Waals surface area contributed by atoms with Crippen LogP contribution in [0.25, 0.3) is 5.69 Å². The van der Waals surface area contributed by atoms with E-state index < -0.39 is 12.2 Å². The van der Waals surface area contributed by atoms with Gasteiger partial charge in [-0.3, -0.25) is 9.69 Å². The van der Waals surface area contributed by atoms with Gasteiger partial charge in [-0.05, 0) is 49.2 Å². The first-order valence-electron chi connectivity index (χ1n) is 10.5. The van der Waals surface area contributed by atoms with Gasteiger partial charge < -0.3 is 14.6 Å². The van der Waals surface area contributed by atoms with Gasteiger partial charge in [-0.15, -0.1) is 0 Å². The van der Waals surface area contributed by atoms with Crippen molar-refractivity contribution < 1.29 is 13.9 Å². The molecule has 4 rings (SSSR count). The number of halogens is 2. The molecule has 0 saturated carbocycles. The van der Waals surface area contributed by atoms with Crippen LogP contribution in [0.3, 0.4) is 0 Å². The van der Waals surface area contributed by atoms with Crippen molar-refractivity contribution in [3.8, 4) is 11.4 Å². The normalized spacial score (nSPS) is 19.0. The van der Waals surface area contributed by atoms with Gasteiger partial charge in [-0.2, -0.15) is 0 Å². The molecule has 0 aliphatic carbocycles. The maximum absolute atomic E-state index is 14.9. The molecule has 168 valence electrons. The summed E-state index contributed by atoms with van der Waals surface area (Å²) in [5, 5.41) is 2.87. The molecule has 2 atom stereocenters. The molecule has 1 aliphatic heterocycles. The molecule has 1 N–H and O–H groups in total. The second kappa shape index (κ2) is 9.83. The Labute approximate surface area is 195 Å². The maximum Gasteiger partial charge on any atom is 0.251 e. The average molecular weight is 501 g/mol. The lowest BCUT2D eigenvalue weighted by atomic mass is 10.0.